The number of benzene rings is 1. The summed E-state index contributed by atoms with van der Waals surface area (Å²) in [5.41, 5.74) is 1.98. The van der Waals surface area contributed by atoms with Crippen LogP contribution in [0, 0.1) is 11.3 Å². The first-order chi connectivity index (χ1) is 13.5. The Bertz CT molecular complexity index is 1170. The molecule has 0 bridgehead atoms. The lowest BCUT2D eigenvalue weighted by Gasteiger charge is -2.09. The van der Waals surface area contributed by atoms with Crippen LogP contribution in [-0.4, -0.2) is 14.1 Å². The zero-order valence-electron chi connectivity index (χ0n) is 15.8. The minimum atomic E-state index is -0.555. The molecule has 0 aliphatic heterocycles. The van der Waals surface area contributed by atoms with Crippen molar-refractivity contribution >= 4 is 11.3 Å². The lowest BCUT2D eigenvalue weighted by molar-refractivity contribution is 0.584. The van der Waals surface area contributed by atoms with Crippen molar-refractivity contribution in [1.29, 1.82) is 5.26 Å². The van der Waals surface area contributed by atoms with E-state index in [2.05, 4.69) is 31.0 Å². The molecule has 1 fully saturated rings. The number of rotatable bonds is 5. The summed E-state index contributed by atoms with van der Waals surface area (Å²) in [4.78, 5) is 29.8. The molecule has 3 aromatic rings. The van der Waals surface area contributed by atoms with Gasteiger partial charge in [-0.3, -0.25) is 13.9 Å². The van der Waals surface area contributed by atoms with Gasteiger partial charge >= 0.3 is 5.69 Å². The number of aromatic nitrogens is 3. The molecule has 0 atom stereocenters. The van der Waals surface area contributed by atoms with Crippen LogP contribution in [0.25, 0.3) is 10.6 Å². The molecule has 142 valence electrons. The van der Waals surface area contributed by atoms with Crippen molar-refractivity contribution in [3.05, 3.63) is 73.5 Å². The maximum absolute atomic E-state index is 12.7. The molecule has 0 unspecified atom stereocenters. The Morgan fingerprint density at radius 2 is 1.96 bits per heavy atom. The highest BCUT2D eigenvalue weighted by Gasteiger charge is 2.27. The van der Waals surface area contributed by atoms with Gasteiger partial charge in [-0.25, -0.2) is 9.78 Å². The van der Waals surface area contributed by atoms with E-state index in [9.17, 15) is 14.9 Å². The standard InChI is InChI=1S/C21H20N4O2S/c1-13(2)14-3-5-15(6-4-14)19-23-17(12-28-19)11-25-20(26)16(9-22)10-24(21(25)27)18-7-8-18/h3-6,10,12-13,18H,7-8,11H2,1-2H3. The third kappa shape index (κ3) is 3.43. The van der Waals surface area contributed by atoms with E-state index < -0.39 is 5.56 Å². The molecular weight excluding hydrogens is 372 g/mol. The van der Waals surface area contributed by atoms with E-state index in [1.54, 1.807) is 0 Å². The van der Waals surface area contributed by atoms with Crippen molar-refractivity contribution in [3.63, 3.8) is 0 Å². The zero-order chi connectivity index (χ0) is 19.8. The average Bonchev–Trinajstić information content (AvgIpc) is 3.43. The van der Waals surface area contributed by atoms with Crippen LogP contribution in [0.4, 0.5) is 0 Å². The Labute approximate surface area is 166 Å². The number of hydrogen-bond acceptors (Lipinski definition) is 5. The quantitative estimate of drug-likeness (QED) is 0.665. The van der Waals surface area contributed by atoms with Crippen molar-refractivity contribution in [2.24, 2.45) is 0 Å². The molecule has 28 heavy (non-hydrogen) atoms. The SMILES string of the molecule is CC(C)c1ccc(-c2nc(Cn3c(=O)c(C#N)cn(C4CC4)c3=O)cs2)cc1. The second-order valence-electron chi connectivity index (χ2n) is 7.39. The van der Waals surface area contributed by atoms with E-state index in [0.717, 1.165) is 28.0 Å². The lowest BCUT2D eigenvalue weighted by Crippen LogP contribution is -2.41. The summed E-state index contributed by atoms with van der Waals surface area (Å²) in [5.74, 6) is 0.467. The number of nitriles is 1. The lowest BCUT2D eigenvalue weighted by atomic mass is 10.0. The van der Waals surface area contributed by atoms with Gasteiger partial charge in [0.15, 0.2) is 0 Å². The van der Waals surface area contributed by atoms with Crippen molar-refractivity contribution < 1.29 is 0 Å². The molecule has 2 aromatic heterocycles. The molecular formula is C21H20N4O2S. The predicted molar refractivity (Wildman–Crippen MR) is 109 cm³/mol. The summed E-state index contributed by atoms with van der Waals surface area (Å²) < 4.78 is 2.63. The van der Waals surface area contributed by atoms with Crippen LogP contribution in [0.1, 0.15) is 55.5 Å². The fraction of sp³-hybridized carbons (Fsp3) is 0.333. The molecule has 0 saturated heterocycles. The third-order valence-electron chi connectivity index (χ3n) is 4.95. The maximum atomic E-state index is 12.7. The fourth-order valence-electron chi connectivity index (χ4n) is 3.14. The average molecular weight is 392 g/mol. The highest BCUT2D eigenvalue weighted by atomic mass is 32.1. The van der Waals surface area contributed by atoms with Crippen LogP contribution in [0.5, 0.6) is 0 Å². The molecule has 1 saturated carbocycles. The number of hydrogen-bond donors (Lipinski definition) is 0. The zero-order valence-corrected chi connectivity index (χ0v) is 16.6. The summed E-state index contributed by atoms with van der Waals surface area (Å²) in [6.45, 7) is 4.37. The summed E-state index contributed by atoms with van der Waals surface area (Å²) in [6.07, 6.45) is 3.19. The molecule has 7 heteroatoms. The second kappa shape index (κ2) is 7.21. The van der Waals surface area contributed by atoms with Gasteiger partial charge in [0.1, 0.15) is 16.6 Å². The van der Waals surface area contributed by atoms with Gasteiger partial charge in [0.05, 0.1) is 12.2 Å². The first-order valence-corrected chi connectivity index (χ1v) is 10.2. The molecule has 2 heterocycles. The van der Waals surface area contributed by atoms with E-state index in [1.807, 2.05) is 23.6 Å². The van der Waals surface area contributed by atoms with Crippen molar-refractivity contribution in [3.8, 4) is 16.6 Å². The van der Waals surface area contributed by atoms with E-state index in [1.165, 1.54) is 27.7 Å². The van der Waals surface area contributed by atoms with E-state index in [4.69, 9.17) is 0 Å². The first kappa shape index (κ1) is 18.4. The van der Waals surface area contributed by atoms with E-state index in [-0.39, 0.29) is 23.8 Å². The molecule has 1 aliphatic carbocycles. The van der Waals surface area contributed by atoms with Crippen LogP contribution in [-0.2, 0) is 6.54 Å². The molecule has 0 amide bonds. The normalized spacial score (nSPS) is 13.6. The smallest absolute Gasteiger partial charge is 0.296 e. The Balaban J connectivity index is 1.66. The second-order valence-corrected chi connectivity index (χ2v) is 8.25. The van der Waals surface area contributed by atoms with Gasteiger partial charge < -0.3 is 0 Å². The van der Waals surface area contributed by atoms with Gasteiger partial charge in [-0.05, 0) is 24.3 Å². The topological polar surface area (TPSA) is 80.7 Å². The molecule has 4 rings (SSSR count). The summed E-state index contributed by atoms with van der Waals surface area (Å²) in [6, 6.07) is 10.3. The van der Waals surface area contributed by atoms with Gasteiger partial charge in [-0.2, -0.15) is 5.26 Å². The predicted octanol–water partition coefficient (Wildman–Crippen LogP) is 3.51. The molecule has 0 spiro atoms. The fourth-order valence-corrected chi connectivity index (χ4v) is 3.95. The number of thiazole rings is 1. The Hall–Kier alpha value is -2.98. The summed E-state index contributed by atoms with van der Waals surface area (Å²) in [7, 11) is 0. The highest BCUT2D eigenvalue weighted by molar-refractivity contribution is 7.13. The van der Waals surface area contributed by atoms with Crippen LogP contribution in [0.15, 0.2) is 45.4 Å². The van der Waals surface area contributed by atoms with Crippen LogP contribution in [0.3, 0.4) is 0 Å². The van der Waals surface area contributed by atoms with Gasteiger partial charge in [0, 0.05) is 23.2 Å². The van der Waals surface area contributed by atoms with E-state index >= 15 is 0 Å². The molecule has 0 radical (unpaired) electrons. The summed E-state index contributed by atoms with van der Waals surface area (Å²) >= 11 is 1.48. The van der Waals surface area contributed by atoms with Crippen molar-refractivity contribution in [2.75, 3.05) is 0 Å². The Morgan fingerprint density at radius 3 is 2.57 bits per heavy atom. The minimum Gasteiger partial charge on any atom is -0.296 e. The van der Waals surface area contributed by atoms with Crippen LogP contribution in [0.2, 0.25) is 0 Å². The molecule has 0 N–H and O–H groups in total. The molecule has 1 aliphatic rings. The van der Waals surface area contributed by atoms with Crippen molar-refractivity contribution in [2.45, 2.75) is 45.2 Å². The van der Waals surface area contributed by atoms with Gasteiger partial charge in [-0.1, -0.05) is 38.1 Å². The monoisotopic (exact) mass is 392 g/mol. The highest BCUT2D eigenvalue weighted by Crippen LogP contribution is 2.33. The van der Waals surface area contributed by atoms with Gasteiger partial charge in [0.2, 0.25) is 0 Å². The van der Waals surface area contributed by atoms with Crippen molar-refractivity contribution in [1.82, 2.24) is 14.1 Å². The minimum absolute atomic E-state index is 0.00812. The molecule has 1 aromatic carbocycles. The van der Waals surface area contributed by atoms with Crippen LogP contribution >= 0.6 is 11.3 Å². The van der Waals surface area contributed by atoms with E-state index in [0.29, 0.717) is 11.6 Å². The first-order valence-electron chi connectivity index (χ1n) is 9.28. The third-order valence-corrected chi connectivity index (χ3v) is 5.89. The summed E-state index contributed by atoms with van der Waals surface area (Å²) in [5, 5.41) is 12.0. The largest absolute Gasteiger partial charge is 0.331 e. The van der Waals surface area contributed by atoms with Gasteiger partial charge in [-0.15, -0.1) is 11.3 Å². The number of nitrogens with zero attached hydrogens (tertiary/aromatic N) is 4. The maximum Gasteiger partial charge on any atom is 0.331 e. The Morgan fingerprint density at radius 1 is 1.25 bits per heavy atom. The molecule has 6 nitrogen and oxygen atoms in total. The Kier molecular flexibility index (Phi) is 4.73. The van der Waals surface area contributed by atoms with Crippen LogP contribution < -0.4 is 11.2 Å². The van der Waals surface area contributed by atoms with Gasteiger partial charge in [0.25, 0.3) is 5.56 Å².